The summed E-state index contributed by atoms with van der Waals surface area (Å²) < 4.78 is 21.7. The number of hydrogen-bond donors (Lipinski definition) is 1. The molecule has 5 nitrogen and oxygen atoms in total. The zero-order valence-corrected chi connectivity index (χ0v) is 14.4. The Bertz CT molecular complexity index is 698. The Kier molecular flexibility index (Phi) is 5.21. The van der Waals surface area contributed by atoms with Gasteiger partial charge >= 0.3 is 0 Å². The molecule has 0 bridgehead atoms. The Morgan fingerprint density at radius 1 is 0.652 bits per heavy atom. The number of anilines is 2. The topological polar surface area (TPSA) is 49.0 Å². The predicted molar refractivity (Wildman–Crippen MR) is 91.8 cm³/mol. The van der Waals surface area contributed by atoms with Crippen molar-refractivity contribution in [1.29, 1.82) is 0 Å². The smallest absolute Gasteiger partial charge is 0.205 e. The van der Waals surface area contributed by atoms with Crippen LogP contribution in [0, 0.1) is 13.8 Å². The lowest BCUT2D eigenvalue weighted by atomic mass is 10.1. The fourth-order valence-corrected chi connectivity index (χ4v) is 2.40. The van der Waals surface area contributed by atoms with Crippen molar-refractivity contribution in [2.75, 3.05) is 33.8 Å². The maximum absolute atomic E-state index is 5.50. The predicted octanol–water partition coefficient (Wildman–Crippen LogP) is 4.08. The zero-order chi connectivity index (χ0) is 17.0. The molecule has 0 unspecified atom stereocenters. The second-order valence-corrected chi connectivity index (χ2v) is 5.14. The highest BCUT2D eigenvalue weighted by molar-refractivity contribution is 5.76. The van der Waals surface area contributed by atoms with Gasteiger partial charge in [-0.05, 0) is 49.2 Å². The van der Waals surface area contributed by atoms with Crippen molar-refractivity contribution in [3.63, 3.8) is 0 Å². The fourth-order valence-electron chi connectivity index (χ4n) is 2.40. The first-order valence-electron chi connectivity index (χ1n) is 7.26. The van der Waals surface area contributed by atoms with Crippen molar-refractivity contribution in [3.8, 4) is 23.0 Å². The molecule has 0 radical (unpaired) electrons. The van der Waals surface area contributed by atoms with Gasteiger partial charge in [0.2, 0.25) is 5.75 Å². The summed E-state index contributed by atoms with van der Waals surface area (Å²) in [6, 6.07) is 7.77. The average Bonchev–Trinajstić information content (AvgIpc) is 2.57. The number of methoxy groups -OCH3 is 4. The molecule has 0 amide bonds. The lowest BCUT2D eigenvalue weighted by molar-refractivity contribution is 0.325. The van der Waals surface area contributed by atoms with Crippen molar-refractivity contribution in [3.05, 3.63) is 35.4 Å². The van der Waals surface area contributed by atoms with E-state index >= 15 is 0 Å². The Labute approximate surface area is 137 Å². The van der Waals surface area contributed by atoms with Crippen LogP contribution in [0.2, 0.25) is 0 Å². The molecule has 2 aromatic carbocycles. The molecule has 0 aliphatic carbocycles. The molecular formula is C18H23NO4. The van der Waals surface area contributed by atoms with Gasteiger partial charge in [0.1, 0.15) is 5.75 Å². The van der Waals surface area contributed by atoms with Crippen LogP contribution in [0.1, 0.15) is 11.1 Å². The van der Waals surface area contributed by atoms with E-state index in [4.69, 9.17) is 18.9 Å². The van der Waals surface area contributed by atoms with Crippen molar-refractivity contribution < 1.29 is 18.9 Å². The molecule has 124 valence electrons. The van der Waals surface area contributed by atoms with Gasteiger partial charge in [0.05, 0.1) is 39.8 Å². The van der Waals surface area contributed by atoms with E-state index in [9.17, 15) is 0 Å². The highest BCUT2D eigenvalue weighted by Gasteiger charge is 2.17. The lowest BCUT2D eigenvalue weighted by Gasteiger charge is -2.18. The molecule has 0 saturated heterocycles. The number of hydrogen-bond acceptors (Lipinski definition) is 5. The third-order valence-electron chi connectivity index (χ3n) is 3.79. The van der Waals surface area contributed by atoms with Crippen LogP contribution in [-0.2, 0) is 0 Å². The van der Waals surface area contributed by atoms with Gasteiger partial charge in [-0.1, -0.05) is 0 Å². The van der Waals surface area contributed by atoms with Gasteiger partial charge in [-0.25, -0.2) is 0 Å². The van der Waals surface area contributed by atoms with Gasteiger partial charge in [-0.15, -0.1) is 0 Å². The van der Waals surface area contributed by atoms with E-state index in [0.29, 0.717) is 17.2 Å². The van der Waals surface area contributed by atoms with Crippen LogP contribution in [0.5, 0.6) is 23.0 Å². The lowest BCUT2D eigenvalue weighted by Crippen LogP contribution is -2.01. The van der Waals surface area contributed by atoms with Crippen molar-refractivity contribution in [1.82, 2.24) is 0 Å². The Balaban J connectivity index is 2.50. The van der Waals surface area contributed by atoms with E-state index in [0.717, 1.165) is 17.1 Å². The molecule has 0 fully saturated rings. The number of benzene rings is 2. The van der Waals surface area contributed by atoms with Crippen LogP contribution in [0.4, 0.5) is 11.4 Å². The molecule has 2 rings (SSSR count). The molecule has 0 atom stereocenters. The van der Waals surface area contributed by atoms with E-state index in [1.54, 1.807) is 28.4 Å². The number of aryl methyl sites for hydroxylation is 2. The van der Waals surface area contributed by atoms with E-state index in [-0.39, 0.29) is 0 Å². The highest BCUT2D eigenvalue weighted by atomic mass is 16.5. The van der Waals surface area contributed by atoms with Gasteiger partial charge in [-0.3, -0.25) is 0 Å². The Morgan fingerprint density at radius 3 is 1.83 bits per heavy atom. The molecule has 0 spiro atoms. The fraction of sp³-hybridized carbons (Fsp3) is 0.333. The van der Waals surface area contributed by atoms with E-state index < -0.39 is 0 Å². The van der Waals surface area contributed by atoms with Crippen LogP contribution < -0.4 is 24.3 Å². The van der Waals surface area contributed by atoms with E-state index in [1.807, 2.05) is 24.3 Å². The molecule has 5 heteroatoms. The maximum Gasteiger partial charge on any atom is 0.205 e. The first-order chi connectivity index (χ1) is 11.0. The zero-order valence-electron chi connectivity index (χ0n) is 14.4. The number of ether oxygens (including phenoxy) is 4. The Morgan fingerprint density at radius 2 is 1.26 bits per heavy atom. The molecule has 0 aliphatic rings. The van der Waals surface area contributed by atoms with Crippen LogP contribution in [0.25, 0.3) is 0 Å². The van der Waals surface area contributed by atoms with Crippen molar-refractivity contribution >= 4 is 11.4 Å². The monoisotopic (exact) mass is 317 g/mol. The maximum atomic E-state index is 5.50. The van der Waals surface area contributed by atoms with Crippen molar-refractivity contribution in [2.45, 2.75) is 13.8 Å². The standard InChI is InChI=1S/C18H23NO4/c1-11-9-14(16(21-4)10-12(11)2)19-13-7-8-15(20-3)18(23-6)17(13)22-5/h7-10,19H,1-6H3. The van der Waals surface area contributed by atoms with E-state index in [2.05, 4.69) is 19.2 Å². The second kappa shape index (κ2) is 7.13. The molecular weight excluding hydrogens is 294 g/mol. The summed E-state index contributed by atoms with van der Waals surface area (Å²) in [4.78, 5) is 0. The quantitative estimate of drug-likeness (QED) is 0.870. The van der Waals surface area contributed by atoms with Crippen LogP contribution in [0.15, 0.2) is 24.3 Å². The molecule has 0 heterocycles. The van der Waals surface area contributed by atoms with Gasteiger partial charge in [-0.2, -0.15) is 0 Å². The van der Waals surface area contributed by atoms with Gasteiger partial charge in [0.15, 0.2) is 11.5 Å². The number of rotatable bonds is 6. The summed E-state index contributed by atoms with van der Waals surface area (Å²) in [5.74, 6) is 2.50. The summed E-state index contributed by atoms with van der Waals surface area (Å²) >= 11 is 0. The third kappa shape index (κ3) is 3.28. The molecule has 23 heavy (non-hydrogen) atoms. The molecule has 2 aromatic rings. The number of nitrogens with one attached hydrogen (secondary N) is 1. The molecule has 1 N–H and O–H groups in total. The van der Waals surface area contributed by atoms with Crippen molar-refractivity contribution in [2.24, 2.45) is 0 Å². The molecule has 0 aromatic heterocycles. The summed E-state index contributed by atoms with van der Waals surface area (Å²) in [6.07, 6.45) is 0. The van der Waals surface area contributed by atoms with Gasteiger partial charge < -0.3 is 24.3 Å². The minimum absolute atomic E-state index is 0.544. The molecule has 0 saturated carbocycles. The largest absolute Gasteiger partial charge is 0.495 e. The summed E-state index contributed by atoms with van der Waals surface area (Å²) in [5.41, 5.74) is 3.98. The average molecular weight is 317 g/mol. The SMILES string of the molecule is COc1cc(C)c(C)cc1Nc1ccc(OC)c(OC)c1OC. The first kappa shape index (κ1) is 16.8. The summed E-state index contributed by atoms with van der Waals surface area (Å²) in [6.45, 7) is 4.12. The summed E-state index contributed by atoms with van der Waals surface area (Å²) in [5, 5.41) is 3.35. The Hall–Kier alpha value is -2.56. The first-order valence-corrected chi connectivity index (χ1v) is 7.26. The summed E-state index contributed by atoms with van der Waals surface area (Å²) in [7, 11) is 6.43. The minimum atomic E-state index is 0.544. The third-order valence-corrected chi connectivity index (χ3v) is 3.79. The van der Waals surface area contributed by atoms with Crippen LogP contribution in [-0.4, -0.2) is 28.4 Å². The van der Waals surface area contributed by atoms with Gasteiger partial charge in [0, 0.05) is 0 Å². The minimum Gasteiger partial charge on any atom is -0.495 e. The van der Waals surface area contributed by atoms with Crippen LogP contribution in [0.3, 0.4) is 0 Å². The highest BCUT2D eigenvalue weighted by Crippen LogP contribution is 2.44. The molecule has 0 aliphatic heterocycles. The normalized spacial score (nSPS) is 10.2. The van der Waals surface area contributed by atoms with Gasteiger partial charge in [0.25, 0.3) is 0 Å². The van der Waals surface area contributed by atoms with Crippen LogP contribution >= 0.6 is 0 Å². The second-order valence-electron chi connectivity index (χ2n) is 5.14. The van der Waals surface area contributed by atoms with E-state index in [1.165, 1.54) is 11.1 Å².